The van der Waals surface area contributed by atoms with E-state index in [0.717, 1.165) is 71.8 Å². The van der Waals surface area contributed by atoms with Gasteiger partial charge in [-0.1, -0.05) is 91.9 Å². The third kappa shape index (κ3) is 8.71. The van der Waals surface area contributed by atoms with Crippen molar-refractivity contribution in [1.82, 2.24) is 9.62 Å². The van der Waals surface area contributed by atoms with Gasteiger partial charge in [-0.05, 0) is 58.1 Å². The molecule has 2 fully saturated rings. The highest BCUT2D eigenvalue weighted by Crippen LogP contribution is 2.42. The first-order chi connectivity index (χ1) is 26.2. The second-order valence-electron chi connectivity index (χ2n) is 13.8. The highest BCUT2D eigenvalue weighted by Gasteiger charge is 2.39. The molecule has 0 spiro atoms. The molecule has 12 heteroatoms. The maximum Gasteiger partial charge on any atom is 0.269 e. The standard InChI is InChI=1S/C42H44N4O7S/c1-30-40(28-44-22-24-45(25-23-44)37-18-20-38(21-19-37)46(48)49)52-42(53-41(30)34-12-10-31(29-47)11-13-34)35-16-14-33(15-17-35)36-7-5-6-32(26-36)27-43-54(50,51)39-8-3-2-4-9-39/h2-21,26,30,40-43,47H,22-25,27-29H2,1H3. The Morgan fingerprint density at radius 3 is 2.13 bits per heavy atom. The van der Waals surface area contributed by atoms with E-state index in [1.54, 1.807) is 42.5 Å². The third-order valence-electron chi connectivity index (χ3n) is 10.3. The summed E-state index contributed by atoms with van der Waals surface area (Å²) in [4.78, 5) is 15.6. The van der Waals surface area contributed by atoms with Gasteiger partial charge in [0.25, 0.3) is 5.69 Å². The summed E-state index contributed by atoms with van der Waals surface area (Å²) in [5.41, 5.74) is 6.61. The lowest BCUT2D eigenvalue weighted by Gasteiger charge is -2.44. The zero-order valence-electron chi connectivity index (χ0n) is 30.0. The topological polar surface area (TPSA) is 134 Å². The van der Waals surface area contributed by atoms with E-state index in [-0.39, 0.29) is 46.8 Å². The molecular formula is C42H44N4O7S. The van der Waals surface area contributed by atoms with Crippen LogP contribution >= 0.6 is 0 Å². The molecule has 0 radical (unpaired) electrons. The lowest BCUT2D eigenvalue weighted by atomic mass is 9.89. The van der Waals surface area contributed by atoms with E-state index in [2.05, 4.69) is 21.4 Å². The van der Waals surface area contributed by atoms with Gasteiger partial charge in [0.2, 0.25) is 10.0 Å². The van der Waals surface area contributed by atoms with Crippen LogP contribution in [-0.2, 0) is 32.6 Å². The van der Waals surface area contributed by atoms with E-state index in [9.17, 15) is 23.6 Å². The molecule has 2 aliphatic rings. The van der Waals surface area contributed by atoms with Crippen molar-refractivity contribution in [3.05, 3.63) is 160 Å². The molecule has 2 heterocycles. The summed E-state index contributed by atoms with van der Waals surface area (Å²) in [5.74, 6) is 0.0373. The summed E-state index contributed by atoms with van der Waals surface area (Å²) in [6.07, 6.45) is -0.977. The Morgan fingerprint density at radius 1 is 0.778 bits per heavy atom. The van der Waals surface area contributed by atoms with Gasteiger partial charge in [-0.2, -0.15) is 0 Å². The van der Waals surface area contributed by atoms with E-state index in [1.165, 1.54) is 0 Å². The van der Waals surface area contributed by atoms with Gasteiger partial charge in [-0.3, -0.25) is 15.0 Å². The predicted octanol–water partition coefficient (Wildman–Crippen LogP) is 6.85. The number of piperazine rings is 1. The molecule has 2 saturated heterocycles. The number of nitrogens with one attached hydrogen (secondary N) is 1. The number of hydrogen-bond acceptors (Lipinski definition) is 9. The van der Waals surface area contributed by atoms with Crippen molar-refractivity contribution in [3.8, 4) is 11.1 Å². The number of aliphatic hydroxyl groups is 1. The van der Waals surface area contributed by atoms with Gasteiger partial charge in [-0.15, -0.1) is 0 Å². The summed E-state index contributed by atoms with van der Waals surface area (Å²) in [5, 5.41) is 20.7. The van der Waals surface area contributed by atoms with Crippen molar-refractivity contribution in [2.45, 2.75) is 43.5 Å². The molecule has 5 aromatic rings. The highest BCUT2D eigenvalue weighted by molar-refractivity contribution is 7.89. The monoisotopic (exact) mass is 748 g/mol. The van der Waals surface area contributed by atoms with E-state index >= 15 is 0 Å². The smallest absolute Gasteiger partial charge is 0.269 e. The SMILES string of the molecule is CC1C(CN2CCN(c3ccc([N+](=O)[O-])cc3)CC2)OC(c2ccc(-c3cccc(CNS(=O)(=O)c4ccccc4)c3)cc2)OC1c1ccc(CO)cc1. The van der Waals surface area contributed by atoms with E-state index < -0.39 is 16.3 Å². The quantitative estimate of drug-likeness (QED) is 0.104. The van der Waals surface area contributed by atoms with Crippen LogP contribution in [0.1, 0.15) is 41.6 Å². The van der Waals surface area contributed by atoms with Crippen LogP contribution in [0, 0.1) is 16.0 Å². The molecule has 11 nitrogen and oxygen atoms in total. The molecule has 0 bridgehead atoms. The molecule has 5 aromatic carbocycles. The Bertz CT molecular complexity index is 2130. The van der Waals surface area contributed by atoms with Crippen molar-refractivity contribution in [2.75, 3.05) is 37.6 Å². The normalized spacial score (nSPS) is 20.8. The molecular weight excluding hydrogens is 705 g/mol. The van der Waals surface area contributed by atoms with Crippen LogP contribution in [-0.4, -0.2) is 62.2 Å². The minimum atomic E-state index is -3.63. The molecule has 2 N–H and O–H groups in total. The highest BCUT2D eigenvalue weighted by atomic mass is 32.2. The van der Waals surface area contributed by atoms with Crippen molar-refractivity contribution >= 4 is 21.4 Å². The van der Waals surface area contributed by atoms with Crippen LogP contribution in [0.5, 0.6) is 0 Å². The van der Waals surface area contributed by atoms with Crippen molar-refractivity contribution in [1.29, 1.82) is 0 Å². The number of nitrogens with zero attached hydrogens (tertiary/aromatic N) is 3. The van der Waals surface area contributed by atoms with Gasteiger partial charge in [0.05, 0.1) is 28.6 Å². The number of hydrogen-bond donors (Lipinski definition) is 2. The Labute approximate surface area is 316 Å². The minimum Gasteiger partial charge on any atom is -0.392 e. The van der Waals surface area contributed by atoms with Crippen molar-refractivity contribution in [3.63, 3.8) is 0 Å². The first-order valence-corrected chi connectivity index (χ1v) is 19.6. The molecule has 280 valence electrons. The number of aliphatic hydroxyl groups excluding tert-OH is 1. The molecule has 4 unspecified atom stereocenters. The largest absolute Gasteiger partial charge is 0.392 e. The van der Waals surface area contributed by atoms with Gasteiger partial charge in [0, 0.05) is 68.6 Å². The van der Waals surface area contributed by atoms with Gasteiger partial charge < -0.3 is 19.5 Å². The molecule has 0 aromatic heterocycles. The fraction of sp³-hybridized carbons (Fsp3) is 0.286. The average Bonchev–Trinajstić information content (AvgIpc) is 3.22. The number of rotatable bonds is 12. The number of non-ortho nitro benzene ring substituents is 1. The summed E-state index contributed by atoms with van der Waals surface area (Å²) in [6.45, 7) is 6.27. The Hall–Kier alpha value is -4.95. The Balaban J connectivity index is 1.04. The molecule has 4 atom stereocenters. The number of nitro benzene ring substituents is 1. The summed E-state index contributed by atoms with van der Waals surface area (Å²) in [7, 11) is -3.63. The van der Waals surface area contributed by atoms with E-state index in [0.29, 0.717) is 0 Å². The average molecular weight is 749 g/mol. The summed E-state index contributed by atoms with van der Waals surface area (Å²) in [6, 6.07) is 38.9. The molecule has 2 aliphatic heterocycles. The zero-order chi connectivity index (χ0) is 37.7. The first kappa shape index (κ1) is 37.4. The summed E-state index contributed by atoms with van der Waals surface area (Å²) < 4.78 is 41.7. The number of anilines is 1. The van der Waals surface area contributed by atoms with Crippen molar-refractivity contribution in [2.24, 2.45) is 5.92 Å². The van der Waals surface area contributed by atoms with Crippen molar-refractivity contribution < 1.29 is 27.9 Å². The van der Waals surface area contributed by atoms with E-state index in [1.807, 2.05) is 84.9 Å². The second kappa shape index (κ2) is 16.6. The fourth-order valence-corrected chi connectivity index (χ4v) is 8.15. The van der Waals surface area contributed by atoms with Crippen LogP contribution in [0.15, 0.2) is 132 Å². The first-order valence-electron chi connectivity index (χ1n) is 18.1. The summed E-state index contributed by atoms with van der Waals surface area (Å²) >= 11 is 0. The number of sulfonamides is 1. The maximum absolute atomic E-state index is 12.8. The number of benzene rings is 5. The van der Waals surface area contributed by atoms with Gasteiger partial charge in [-0.25, -0.2) is 13.1 Å². The van der Waals surface area contributed by atoms with Gasteiger partial charge in [0.1, 0.15) is 0 Å². The fourth-order valence-electron chi connectivity index (χ4n) is 7.11. The molecule has 0 aliphatic carbocycles. The number of nitro groups is 1. The second-order valence-corrected chi connectivity index (χ2v) is 15.6. The van der Waals surface area contributed by atoms with Crippen LogP contribution in [0.2, 0.25) is 0 Å². The van der Waals surface area contributed by atoms with Crippen LogP contribution in [0.4, 0.5) is 11.4 Å². The predicted molar refractivity (Wildman–Crippen MR) is 207 cm³/mol. The Kier molecular flexibility index (Phi) is 11.5. The third-order valence-corrected chi connectivity index (χ3v) is 11.7. The minimum absolute atomic E-state index is 0.0277. The lowest BCUT2D eigenvalue weighted by Crippen LogP contribution is -2.51. The zero-order valence-corrected chi connectivity index (χ0v) is 30.8. The molecule has 7 rings (SSSR count). The number of ether oxygens (including phenoxy) is 2. The van der Waals surface area contributed by atoms with Gasteiger partial charge in [0.15, 0.2) is 6.29 Å². The molecule has 0 amide bonds. The molecule has 54 heavy (non-hydrogen) atoms. The maximum atomic E-state index is 12.8. The van der Waals surface area contributed by atoms with Crippen LogP contribution in [0.25, 0.3) is 11.1 Å². The lowest BCUT2D eigenvalue weighted by molar-refractivity contribution is -0.384. The van der Waals surface area contributed by atoms with Crippen LogP contribution in [0.3, 0.4) is 0 Å². The van der Waals surface area contributed by atoms with Crippen LogP contribution < -0.4 is 9.62 Å². The Morgan fingerprint density at radius 2 is 1.46 bits per heavy atom. The van der Waals surface area contributed by atoms with Gasteiger partial charge >= 0.3 is 0 Å². The molecule has 0 saturated carbocycles. The van der Waals surface area contributed by atoms with E-state index in [4.69, 9.17) is 9.47 Å².